The number of carbonyl (C=O) groups excluding carboxylic acids is 1. The third-order valence-corrected chi connectivity index (χ3v) is 3.96. The monoisotopic (exact) mass is 370 g/mol. The first-order valence-corrected chi connectivity index (χ1v) is 8.09. The summed E-state index contributed by atoms with van der Waals surface area (Å²) in [7, 11) is 1.21. The zero-order valence-electron chi connectivity index (χ0n) is 14.8. The van der Waals surface area contributed by atoms with Crippen molar-refractivity contribution in [3.63, 3.8) is 0 Å². The summed E-state index contributed by atoms with van der Waals surface area (Å²) in [5.74, 6) is 0.610. The minimum atomic E-state index is -0.745. The molecule has 0 amide bonds. The number of carbonyl (C=O) groups is 1. The van der Waals surface area contributed by atoms with Gasteiger partial charge in [0, 0.05) is 16.7 Å². The number of nitrogens with zero attached hydrogens (tertiary/aromatic N) is 2. The van der Waals surface area contributed by atoms with Crippen molar-refractivity contribution in [1.82, 2.24) is 0 Å². The average molecular weight is 370 g/mol. The molecule has 2 aromatic carbocycles. The Morgan fingerprint density at radius 3 is 2.74 bits per heavy atom. The molecule has 0 radical (unpaired) electrons. The molecule has 0 saturated carbocycles. The SMILES string of the molecule is COC(=O)/C(=N/O)c1ccccc1CO/N=C(\C)c1ccc2c(c1)OCO2. The highest BCUT2D eigenvalue weighted by atomic mass is 16.7. The molecular formula is C19H18N2O6. The number of methoxy groups -OCH3 is 1. The third-order valence-electron chi connectivity index (χ3n) is 3.96. The second kappa shape index (κ2) is 8.22. The lowest BCUT2D eigenvalue weighted by atomic mass is 10.0. The molecule has 0 fully saturated rings. The van der Waals surface area contributed by atoms with E-state index in [2.05, 4.69) is 15.0 Å². The molecule has 140 valence electrons. The molecule has 27 heavy (non-hydrogen) atoms. The van der Waals surface area contributed by atoms with Crippen molar-refractivity contribution in [2.75, 3.05) is 13.9 Å². The summed E-state index contributed by atoms with van der Waals surface area (Å²) in [4.78, 5) is 17.2. The van der Waals surface area contributed by atoms with E-state index in [0.29, 0.717) is 28.3 Å². The quantitative estimate of drug-likeness (QED) is 0.363. The Labute approximate surface area is 155 Å². The van der Waals surface area contributed by atoms with Gasteiger partial charge >= 0.3 is 5.97 Å². The van der Waals surface area contributed by atoms with Gasteiger partial charge in [-0.1, -0.05) is 34.6 Å². The van der Waals surface area contributed by atoms with E-state index in [4.69, 9.17) is 19.5 Å². The highest BCUT2D eigenvalue weighted by Gasteiger charge is 2.19. The number of benzene rings is 2. The van der Waals surface area contributed by atoms with Gasteiger partial charge in [-0.15, -0.1) is 0 Å². The summed E-state index contributed by atoms with van der Waals surface area (Å²) in [5, 5.41) is 16.3. The van der Waals surface area contributed by atoms with Crippen LogP contribution in [0.2, 0.25) is 0 Å². The average Bonchev–Trinajstić information content (AvgIpc) is 3.17. The molecule has 0 unspecified atom stereocenters. The van der Waals surface area contributed by atoms with Gasteiger partial charge in [-0.3, -0.25) is 0 Å². The molecule has 0 aromatic heterocycles. The number of fused-ring (bicyclic) bond motifs is 1. The van der Waals surface area contributed by atoms with Crippen molar-refractivity contribution in [1.29, 1.82) is 0 Å². The van der Waals surface area contributed by atoms with Crippen LogP contribution in [0.25, 0.3) is 0 Å². The van der Waals surface area contributed by atoms with Gasteiger partial charge in [0.2, 0.25) is 6.79 Å². The van der Waals surface area contributed by atoms with Crippen molar-refractivity contribution < 1.29 is 29.0 Å². The van der Waals surface area contributed by atoms with E-state index in [1.165, 1.54) is 7.11 Å². The lowest BCUT2D eigenvalue weighted by molar-refractivity contribution is -0.132. The predicted octanol–water partition coefficient (Wildman–Crippen LogP) is 2.71. The molecule has 0 atom stereocenters. The van der Waals surface area contributed by atoms with E-state index in [0.717, 1.165) is 5.56 Å². The second-order valence-electron chi connectivity index (χ2n) is 5.62. The minimum Gasteiger partial charge on any atom is -0.464 e. The molecule has 0 saturated heterocycles. The molecule has 0 bridgehead atoms. The van der Waals surface area contributed by atoms with Crippen molar-refractivity contribution in [2.24, 2.45) is 10.3 Å². The number of hydrogen-bond acceptors (Lipinski definition) is 8. The highest BCUT2D eigenvalue weighted by Crippen LogP contribution is 2.32. The topological polar surface area (TPSA) is 98.9 Å². The van der Waals surface area contributed by atoms with Crippen LogP contribution in [0.15, 0.2) is 52.8 Å². The van der Waals surface area contributed by atoms with E-state index in [9.17, 15) is 4.79 Å². The van der Waals surface area contributed by atoms with Gasteiger partial charge in [0.1, 0.15) is 6.61 Å². The molecule has 8 nitrogen and oxygen atoms in total. The van der Waals surface area contributed by atoms with Gasteiger partial charge in [0.05, 0.1) is 12.8 Å². The van der Waals surface area contributed by atoms with E-state index in [1.54, 1.807) is 31.2 Å². The van der Waals surface area contributed by atoms with E-state index in [-0.39, 0.29) is 19.1 Å². The normalized spacial score (nSPS) is 13.4. The summed E-state index contributed by atoms with van der Waals surface area (Å²) in [5.41, 5.74) is 2.31. The Balaban J connectivity index is 1.74. The Bertz CT molecular complexity index is 907. The maximum atomic E-state index is 11.8. The molecule has 1 aliphatic heterocycles. The van der Waals surface area contributed by atoms with Gasteiger partial charge in [-0.25, -0.2) is 4.79 Å². The standard InChI is InChI=1S/C19H18N2O6/c1-12(13-7-8-16-17(9-13)26-11-25-16)21-27-10-14-5-3-4-6-15(14)18(20-23)19(22)24-2/h3-9,23H,10-11H2,1-2H3/b20-18+,21-12+. The fraction of sp³-hybridized carbons (Fsp3) is 0.211. The van der Waals surface area contributed by atoms with Crippen LogP contribution in [-0.4, -0.2) is 36.5 Å². The third kappa shape index (κ3) is 4.00. The zero-order chi connectivity index (χ0) is 19.2. The number of ether oxygens (including phenoxy) is 3. The number of esters is 1. The molecule has 3 rings (SSSR count). The van der Waals surface area contributed by atoms with Crippen molar-refractivity contribution in [2.45, 2.75) is 13.5 Å². The van der Waals surface area contributed by atoms with Crippen molar-refractivity contribution in [3.8, 4) is 11.5 Å². The summed E-state index contributed by atoms with van der Waals surface area (Å²) < 4.78 is 15.3. The number of oxime groups is 2. The van der Waals surface area contributed by atoms with Crippen molar-refractivity contribution >= 4 is 17.4 Å². The molecule has 8 heteroatoms. The zero-order valence-corrected chi connectivity index (χ0v) is 14.8. The van der Waals surface area contributed by atoms with Crippen LogP contribution in [0.3, 0.4) is 0 Å². The smallest absolute Gasteiger partial charge is 0.360 e. The van der Waals surface area contributed by atoms with Crippen molar-refractivity contribution in [3.05, 3.63) is 59.2 Å². The lowest BCUT2D eigenvalue weighted by Gasteiger charge is -2.09. The summed E-state index contributed by atoms with van der Waals surface area (Å²) in [6.45, 7) is 2.09. The Morgan fingerprint density at radius 1 is 1.19 bits per heavy atom. The number of rotatable bonds is 6. The van der Waals surface area contributed by atoms with Gasteiger partial charge in [-0.05, 0) is 25.1 Å². The Morgan fingerprint density at radius 2 is 1.96 bits per heavy atom. The van der Waals surface area contributed by atoms with E-state index >= 15 is 0 Å². The molecular weight excluding hydrogens is 352 g/mol. The fourth-order valence-electron chi connectivity index (χ4n) is 2.55. The van der Waals surface area contributed by atoms with Crippen LogP contribution in [0.1, 0.15) is 23.6 Å². The molecule has 1 heterocycles. The predicted molar refractivity (Wildman–Crippen MR) is 96.3 cm³/mol. The fourth-order valence-corrected chi connectivity index (χ4v) is 2.55. The molecule has 2 aromatic rings. The van der Waals surface area contributed by atoms with Crippen LogP contribution in [0, 0.1) is 0 Å². The summed E-state index contributed by atoms with van der Waals surface area (Å²) in [6, 6.07) is 12.4. The Kier molecular flexibility index (Phi) is 5.55. The van der Waals surface area contributed by atoms with Gasteiger partial charge in [0.25, 0.3) is 0 Å². The second-order valence-corrected chi connectivity index (χ2v) is 5.62. The first-order chi connectivity index (χ1) is 13.1. The lowest BCUT2D eigenvalue weighted by Crippen LogP contribution is -2.19. The number of hydrogen-bond donors (Lipinski definition) is 1. The van der Waals surface area contributed by atoms with E-state index < -0.39 is 5.97 Å². The molecule has 1 N–H and O–H groups in total. The van der Waals surface area contributed by atoms with Crippen LogP contribution in [-0.2, 0) is 21.0 Å². The van der Waals surface area contributed by atoms with Crippen LogP contribution >= 0.6 is 0 Å². The molecule has 0 spiro atoms. The Hall–Kier alpha value is -3.55. The van der Waals surface area contributed by atoms with Gasteiger partial charge in [-0.2, -0.15) is 0 Å². The van der Waals surface area contributed by atoms with Crippen LogP contribution < -0.4 is 9.47 Å². The molecule has 0 aliphatic carbocycles. The highest BCUT2D eigenvalue weighted by molar-refractivity contribution is 6.43. The first kappa shape index (κ1) is 18.2. The van der Waals surface area contributed by atoms with Crippen LogP contribution in [0.5, 0.6) is 11.5 Å². The largest absolute Gasteiger partial charge is 0.464 e. The minimum absolute atomic E-state index is 0.0775. The van der Waals surface area contributed by atoms with E-state index in [1.807, 2.05) is 18.2 Å². The van der Waals surface area contributed by atoms with Gasteiger partial charge < -0.3 is 24.3 Å². The summed E-state index contributed by atoms with van der Waals surface area (Å²) in [6.07, 6.45) is 0. The first-order valence-electron chi connectivity index (χ1n) is 8.09. The van der Waals surface area contributed by atoms with Crippen LogP contribution in [0.4, 0.5) is 0 Å². The maximum absolute atomic E-state index is 11.8. The summed E-state index contributed by atoms with van der Waals surface area (Å²) >= 11 is 0. The van der Waals surface area contributed by atoms with Gasteiger partial charge in [0.15, 0.2) is 17.2 Å². The maximum Gasteiger partial charge on any atom is 0.360 e. The molecule has 1 aliphatic rings.